The fraction of sp³-hybridized carbons (Fsp3) is 0.250. The van der Waals surface area contributed by atoms with Gasteiger partial charge in [0.15, 0.2) is 0 Å². The van der Waals surface area contributed by atoms with Gasteiger partial charge in [-0.05, 0) is 0 Å². The number of allylic oxidation sites excluding steroid dienone is 2. The molecule has 5 heavy (non-hydrogen) atoms. The van der Waals surface area contributed by atoms with Crippen molar-refractivity contribution in [1.29, 1.82) is 0 Å². The molecule has 0 aromatic carbocycles. The third kappa shape index (κ3) is 0.918. The summed E-state index contributed by atoms with van der Waals surface area (Å²) >= 11 is -0.0450. The van der Waals surface area contributed by atoms with Crippen LogP contribution < -0.4 is 0 Å². The van der Waals surface area contributed by atoms with E-state index in [4.69, 9.17) is 0 Å². The number of hydrogen-bond acceptors (Lipinski definition) is 0. The van der Waals surface area contributed by atoms with E-state index in [1.54, 1.807) is 0 Å². The Hall–Kier alpha value is 0.480. The standard InChI is InChI=1S/C4H5.In/c1-3-4-2;/h1,3-4H,2H2;. The van der Waals surface area contributed by atoms with Gasteiger partial charge in [-0.2, -0.15) is 0 Å². The summed E-state index contributed by atoms with van der Waals surface area (Å²) in [7, 11) is 0. The Labute approximate surface area is 42.7 Å². The van der Waals surface area contributed by atoms with E-state index in [9.17, 15) is 0 Å². The molecule has 1 heterocycles. The molecule has 1 aliphatic heterocycles. The summed E-state index contributed by atoms with van der Waals surface area (Å²) in [4.78, 5) is 0. The summed E-state index contributed by atoms with van der Waals surface area (Å²) in [6.07, 6.45) is 4.46. The van der Waals surface area contributed by atoms with E-state index in [-0.39, 0.29) is 22.4 Å². The molecule has 1 heteroatoms. The van der Waals surface area contributed by atoms with Crippen LogP contribution in [0.3, 0.4) is 0 Å². The molecule has 0 unspecified atom stereocenters. The summed E-state index contributed by atoms with van der Waals surface area (Å²) in [5.41, 5.74) is 0. The minimum absolute atomic E-state index is 0.0450. The molecule has 0 bridgehead atoms. The van der Waals surface area contributed by atoms with Crippen LogP contribution in [-0.4, -0.2) is 26.2 Å². The van der Waals surface area contributed by atoms with E-state index >= 15 is 0 Å². The summed E-state index contributed by atoms with van der Waals surface area (Å²) < 4.78 is 3.82. The molecule has 0 N–H and O–H groups in total. The zero-order valence-electron chi connectivity index (χ0n) is 3.02. The van der Waals surface area contributed by atoms with Gasteiger partial charge in [0.25, 0.3) is 0 Å². The molecule has 0 saturated heterocycles. The molecule has 0 fully saturated rings. The third-order valence-electron chi connectivity index (χ3n) is 0.655. The molecule has 0 saturated carbocycles. The summed E-state index contributed by atoms with van der Waals surface area (Å²) in [5, 5.41) is 0. The van der Waals surface area contributed by atoms with Gasteiger partial charge >= 0.3 is 42.5 Å². The van der Waals surface area contributed by atoms with Crippen molar-refractivity contribution in [3.8, 4) is 0 Å². The van der Waals surface area contributed by atoms with Gasteiger partial charge in [0.2, 0.25) is 0 Å². The fourth-order valence-electron chi connectivity index (χ4n) is 0.393. The molecular formula is C4H5In. The Morgan fingerprint density at radius 3 is 2.80 bits per heavy atom. The van der Waals surface area contributed by atoms with E-state index in [2.05, 4.69) is 15.9 Å². The van der Waals surface area contributed by atoms with Crippen molar-refractivity contribution >= 4 is 26.2 Å². The van der Waals surface area contributed by atoms with Crippen molar-refractivity contribution in [3.63, 3.8) is 0 Å². The quantitative estimate of drug-likeness (QED) is 0.493. The van der Waals surface area contributed by atoms with Gasteiger partial charge in [-0.15, -0.1) is 0 Å². The molecule has 1 aliphatic rings. The predicted octanol–water partition coefficient (Wildman–Crippen LogP) is 0.481. The van der Waals surface area contributed by atoms with Crippen molar-refractivity contribution in [2.45, 2.75) is 4.18 Å². The van der Waals surface area contributed by atoms with Gasteiger partial charge in [-0.25, -0.2) is 0 Å². The molecule has 0 atom stereocenters. The SMILES string of the molecule is C1=C[CH2][In]=[CH]1. The number of hydrogen-bond donors (Lipinski definition) is 0. The van der Waals surface area contributed by atoms with E-state index in [1.165, 1.54) is 4.18 Å². The van der Waals surface area contributed by atoms with Crippen LogP contribution in [0.2, 0.25) is 4.18 Å². The Morgan fingerprint density at radius 1 is 1.60 bits per heavy atom. The molecule has 0 aromatic heterocycles. The van der Waals surface area contributed by atoms with Crippen molar-refractivity contribution in [2.75, 3.05) is 0 Å². The number of rotatable bonds is 0. The van der Waals surface area contributed by atoms with Crippen LogP contribution in [0.25, 0.3) is 0 Å². The van der Waals surface area contributed by atoms with E-state index in [0.717, 1.165) is 0 Å². The molecule has 0 spiro atoms. The third-order valence-corrected chi connectivity index (χ3v) is 3.62. The summed E-state index contributed by atoms with van der Waals surface area (Å²) in [6, 6.07) is 0. The molecule has 0 amide bonds. The monoisotopic (exact) mass is 168 g/mol. The van der Waals surface area contributed by atoms with Crippen LogP contribution in [-0.2, 0) is 0 Å². The van der Waals surface area contributed by atoms with Crippen LogP contribution in [0.15, 0.2) is 12.2 Å². The fourth-order valence-corrected chi connectivity index (χ4v) is 2.64. The van der Waals surface area contributed by atoms with Gasteiger partial charge < -0.3 is 0 Å². The van der Waals surface area contributed by atoms with Crippen LogP contribution in [0.4, 0.5) is 0 Å². The topological polar surface area (TPSA) is 0 Å². The zero-order chi connectivity index (χ0) is 3.54. The van der Waals surface area contributed by atoms with E-state index < -0.39 is 0 Å². The Bertz CT molecular complexity index is 61.7. The average molecular weight is 168 g/mol. The van der Waals surface area contributed by atoms with Crippen molar-refractivity contribution in [3.05, 3.63) is 12.2 Å². The van der Waals surface area contributed by atoms with E-state index in [0.29, 0.717) is 0 Å². The summed E-state index contributed by atoms with van der Waals surface area (Å²) in [6.45, 7) is 0. The molecule has 24 valence electrons. The maximum atomic E-state index is 2.37. The first-order chi connectivity index (χ1) is 2.50. The maximum absolute atomic E-state index is 2.37. The van der Waals surface area contributed by atoms with Gasteiger partial charge in [0.1, 0.15) is 0 Å². The first kappa shape index (κ1) is 3.66. The normalized spacial score (nSPS) is 16.0. The molecule has 1 rings (SSSR count). The predicted molar refractivity (Wildman–Crippen MR) is 25.8 cm³/mol. The van der Waals surface area contributed by atoms with Gasteiger partial charge in [-0.3, -0.25) is 0 Å². The molecule has 0 aliphatic carbocycles. The van der Waals surface area contributed by atoms with Crippen LogP contribution >= 0.6 is 0 Å². The summed E-state index contributed by atoms with van der Waals surface area (Å²) in [5.74, 6) is 0. The molecular weight excluding hydrogens is 163 g/mol. The van der Waals surface area contributed by atoms with Crippen molar-refractivity contribution in [1.82, 2.24) is 0 Å². The van der Waals surface area contributed by atoms with Crippen molar-refractivity contribution < 1.29 is 0 Å². The van der Waals surface area contributed by atoms with Crippen LogP contribution in [0.5, 0.6) is 0 Å². The van der Waals surface area contributed by atoms with Crippen molar-refractivity contribution in [2.24, 2.45) is 0 Å². The Kier molecular flexibility index (Phi) is 1.32. The van der Waals surface area contributed by atoms with Gasteiger partial charge in [-0.1, -0.05) is 0 Å². The molecule has 0 nitrogen and oxygen atoms in total. The Morgan fingerprint density at radius 2 is 2.60 bits per heavy atom. The minimum atomic E-state index is -0.0450. The first-order valence-corrected chi connectivity index (χ1v) is 6.05. The van der Waals surface area contributed by atoms with Gasteiger partial charge in [0.05, 0.1) is 0 Å². The van der Waals surface area contributed by atoms with E-state index in [1.807, 2.05) is 0 Å². The first-order valence-electron chi connectivity index (χ1n) is 1.82. The van der Waals surface area contributed by atoms with Crippen LogP contribution in [0, 0.1) is 0 Å². The van der Waals surface area contributed by atoms with Gasteiger partial charge in [0, 0.05) is 0 Å². The molecule has 0 aromatic rings. The molecule has 0 radical (unpaired) electrons. The second kappa shape index (κ2) is 1.81. The Balaban J connectivity index is 2.61. The average Bonchev–Trinajstić information content (AvgIpc) is 1.76. The van der Waals surface area contributed by atoms with Crippen LogP contribution in [0.1, 0.15) is 0 Å². The second-order valence-electron chi connectivity index (χ2n) is 1.09. The zero-order valence-corrected chi connectivity index (χ0v) is 6.31. The second-order valence-corrected chi connectivity index (χ2v) is 4.88.